The summed E-state index contributed by atoms with van der Waals surface area (Å²) in [5.74, 6) is -2.77. The van der Waals surface area contributed by atoms with Crippen molar-refractivity contribution in [2.75, 3.05) is 18.0 Å². The van der Waals surface area contributed by atoms with Crippen molar-refractivity contribution in [2.45, 2.75) is 57.7 Å². The summed E-state index contributed by atoms with van der Waals surface area (Å²) in [5, 5.41) is 2.53. The molecule has 158 valence electrons. The highest BCUT2D eigenvalue weighted by atomic mass is 19.1. The van der Waals surface area contributed by atoms with Gasteiger partial charge in [-0.3, -0.25) is 14.5 Å². The van der Waals surface area contributed by atoms with Gasteiger partial charge in [-0.15, -0.1) is 0 Å². The van der Waals surface area contributed by atoms with Crippen LogP contribution in [-0.2, 0) is 24.5 Å². The van der Waals surface area contributed by atoms with E-state index in [2.05, 4.69) is 5.32 Å². The van der Waals surface area contributed by atoms with Gasteiger partial charge in [0.25, 0.3) is 0 Å². The molecule has 2 aliphatic rings. The quantitative estimate of drug-likeness (QED) is 0.755. The summed E-state index contributed by atoms with van der Waals surface area (Å²) in [6.07, 6.45) is -0.812. The second-order valence-corrected chi connectivity index (χ2v) is 8.42. The third kappa shape index (κ3) is 4.33. The molecular weight excluding hydrogens is 386 g/mol. The molecule has 1 aromatic carbocycles. The number of halogens is 2. The molecule has 1 aliphatic heterocycles. The Hall–Kier alpha value is -2.71. The number of anilines is 1. The van der Waals surface area contributed by atoms with Crippen molar-refractivity contribution in [1.29, 1.82) is 0 Å². The number of nitrogens with one attached hydrogen (secondary N) is 1. The summed E-state index contributed by atoms with van der Waals surface area (Å²) in [6, 6.07) is 2.04. The van der Waals surface area contributed by atoms with Gasteiger partial charge in [0.05, 0.1) is 24.2 Å². The molecule has 1 aliphatic carbocycles. The number of amides is 2. The fraction of sp³-hybridized carbons (Fsp3) is 0.550. The van der Waals surface area contributed by atoms with Crippen LogP contribution < -0.4 is 10.2 Å². The number of hydrogen-bond donors (Lipinski definition) is 1. The summed E-state index contributed by atoms with van der Waals surface area (Å²) in [4.78, 5) is 36.7. The smallest absolute Gasteiger partial charge is 0.414 e. The van der Waals surface area contributed by atoms with Crippen LogP contribution in [0.5, 0.6) is 0 Å². The van der Waals surface area contributed by atoms with Gasteiger partial charge in [-0.25, -0.2) is 13.6 Å². The lowest BCUT2D eigenvalue weighted by atomic mass is 9.94. The van der Waals surface area contributed by atoms with E-state index in [1.807, 2.05) is 0 Å². The normalized spacial score (nSPS) is 20.3. The van der Waals surface area contributed by atoms with Crippen molar-refractivity contribution >= 4 is 23.7 Å². The first kappa shape index (κ1) is 21.0. The van der Waals surface area contributed by atoms with Crippen LogP contribution in [0.15, 0.2) is 12.1 Å². The van der Waals surface area contributed by atoms with E-state index in [0.29, 0.717) is 12.8 Å². The summed E-state index contributed by atoms with van der Waals surface area (Å²) in [5.41, 5.74) is -2.46. The predicted octanol–water partition coefficient (Wildman–Crippen LogP) is 2.80. The van der Waals surface area contributed by atoms with Crippen molar-refractivity contribution in [1.82, 2.24) is 5.32 Å². The number of nitrogens with zero attached hydrogens (tertiary/aromatic N) is 1. The highest BCUT2D eigenvalue weighted by Crippen LogP contribution is 2.52. The van der Waals surface area contributed by atoms with Gasteiger partial charge >= 0.3 is 12.1 Å². The lowest BCUT2D eigenvalue weighted by molar-refractivity contribution is -0.158. The molecule has 3 rings (SSSR count). The number of rotatable bonds is 5. The van der Waals surface area contributed by atoms with Crippen LogP contribution in [0.25, 0.3) is 0 Å². The molecule has 1 aromatic rings. The molecule has 0 unspecified atom stereocenters. The number of cyclic esters (lactones) is 1. The number of ether oxygens (including phenoxy) is 2. The Morgan fingerprint density at radius 3 is 2.34 bits per heavy atom. The Morgan fingerprint density at radius 1 is 1.28 bits per heavy atom. The number of esters is 1. The molecule has 0 spiro atoms. The number of carbonyl (C=O) groups excluding carboxylic acids is 3. The summed E-state index contributed by atoms with van der Waals surface area (Å²) >= 11 is 0. The summed E-state index contributed by atoms with van der Waals surface area (Å²) < 4.78 is 40.2. The zero-order chi connectivity index (χ0) is 21.6. The van der Waals surface area contributed by atoms with Crippen molar-refractivity contribution in [2.24, 2.45) is 0 Å². The van der Waals surface area contributed by atoms with Crippen LogP contribution in [0, 0.1) is 11.6 Å². The number of hydrogen-bond acceptors (Lipinski definition) is 5. The molecule has 1 atom stereocenters. The Labute approximate surface area is 167 Å². The van der Waals surface area contributed by atoms with E-state index in [0.717, 1.165) is 17.0 Å². The Kier molecular flexibility index (Phi) is 5.27. The first-order chi connectivity index (χ1) is 13.4. The minimum atomic E-state index is -1.33. The Balaban J connectivity index is 1.83. The minimum Gasteiger partial charge on any atom is -0.459 e. The largest absolute Gasteiger partial charge is 0.459 e. The fourth-order valence-corrected chi connectivity index (χ4v) is 3.33. The van der Waals surface area contributed by atoms with Crippen LogP contribution in [0.3, 0.4) is 0 Å². The second kappa shape index (κ2) is 7.27. The SMILES string of the molecule is CC(=O)NC[C@H]1CN(c2cc(F)c(C3(C(=O)OC(C)(C)C)CC3)c(F)c2)C(=O)O1. The summed E-state index contributed by atoms with van der Waals surface area (Å²) in [6.45, 7) is 6.53. The fourth-order valence-electron chi connectivity index (χ4n) is 3.33. The maximum absolute atomic E-state index is 14.9. The Bertz CT molecular complexity index is 838. The average molecular weight is 410 g/mol. The average Bonchev–Trinajstić information content (AvgIpc) is 3.28. The topological polar surface area (TPSA) is 84.9 Å². The lowest BCUT2D eigenvalue weighted by Gasteiger charge is -2.25. The molecule has 1 saturated heterocycles. The highest BCUT2D eigenvalue weighted by Gasteiger charge is 2.56. The first-order valence-corrected chi connectivity index (χ1v) is 9.38. The molecule has 0 radical (unpaired) electrons. The van der Waals surface area contributed by atoms with Gasteiger partial charge in [-0.1, -0.05) is 0 Å². The predicted molar refractivity (Wildman–Crippen MR) is 99.4 cm³/mol. The molecule has 9 heteroatoms. The van der Waals surface area contributed by atoms with Crippen molar-refractivity contribution in [3.05, 3.63) is 29.3 Å². The minimum absolute atomic E-state index is 0.0148. The maximum atomic E-state index is 14.9. The zero-order valence-corrected chi connectivity index (χ0v) is 16.8. The third-order valence-corrected chi connectivity index (χ3v) is 4.81. The van der Waals surface area contributed by atoms with E-state index in [1.54, 1.807) is 20.8 Å². The monoisotopic (exact) mass is 410 g/mol. The van der Waals surface area contributed by atoms with Crippen LogP contribution >= 0.6 is 0 Å². The van der Waals surface area contributed by atoms with E-state index in [1.165, 1.54) is 6.92 Å². The third-order valence-electron chi connectivity index (χ3n) is 4.81. The van der Waals surface area contributed by atoms with Crippen LogP contribution in [0.2, 0.25) is 0 Å². The van der Waals surface area contributed by atoms with E-state index in [4.69, 9.17) is 9.47 Å². The standard InChI is InChI=1S/C20H24F2N2O5/c1-11(25)23-9-13-10-24(18(27)28-13)12-7-14(21)16(15(22)8-12)20(5-6-20)17(26)29-19(2,3)4/h7-8,13H,5-6,9-10H2,1-4H3,(H,23,25)/t13-/m0/s1. The van der Waals surface area contributed by atoms with Gasteiger partial charge in [0.2, 0.25) is 5.91 Å². The number of carbonyl (C=O) groups is 3. The van der Waals surface area contributed by atoms with E-state index < -0.39 is 40.8 Å². The van der Waals surface area contributed by atoms with Crippen molar-refractivity contribution in [3.63, 3.8) is 0 Å². The zero-order valence-electron chi connectivity index (χ0n) is 16.8. The second-order valence-electron chi connectivity index (χ2n) is 8.42. The summed E-state index contributed by atoms with van der Waals surface area (Å²) in [7, 11) is 0. The van der Waals surface area contributed by atoms with Gasteiger partial charge in [0.15, 0.2) is 0 Å². The van der Waals surface area contributed by atoms with Crippen LogP contribution in [-0.4, -0.2) is 42.8 Å². The molecule has 2 fully saturated rings. The molecule has 1 heterocycles. The van der Waals surface area contributed by atoms with E-state index in [-0.39, 0.29) is 30.2 Å². The molecule has 0 bridgehead atoms. The van der Waals surface area contributed by atoms with E-state index in [9.17, 15) is 23.2 Å². The molecule has 7 nitrogen and oxygen atoms in total. The molecule has 2 amide bonds. The molecule has 29 heavy (non-hydrogen) atoms. The Morgan fingerprint density at radius 2 is 1.86 bits per heavy atom. The molecule has 1 N–H and O–H groups in total. The van der Waals surface area contributed by atoms with Gasteiger partial charge in [-0.05, 0) is 45.7 Å². The molecular formula is C20H24F2N2O5. The highest BCUT2D eigenvalue weighted by molar-refractivity contribution is 5.91. The van der Waals surface area contributed by atoms with E-state index >= 15 is 0 Å². The lowest BCUT2D eigenvalue weighted by Crippen LogP contribution is -2.34. The van der Waals surface area contributed by atoms with Crippen molar-refractivity contribution < 1.29 is 32.6 Å². The molecule has 0 aromatic heterocycles. The van der Waals surface area contributed by atoms with Gasteiger partial charge in [0, 0.05) is 12.5 Å². The van der Waals surface area contributed by atoms with Gasteiger partial charge < -0.3 is 14.8 Å². The first-order valence-electron chi connectivity index (χ1n) is 9.38. The van der Waals surface area contributed by atoms with Crippen LogP contribution in [0.4, 0.5) is 19.3 Å². The maximum Gasteiger partial charge on any atom is 0.414 e. The van der Waals surface area contributed by atoms with Gasteiger partial charge in [-0.2, -0.15) is 0 Å². The van der Waals surface area contributed by atoms with Gasteiger partial charge in [0.1, 0.15) is 23.3 Å². The number of benzene rings is 1. The van der Waals surface area contributed by atoms with Crippen LogP contribution in [0.1, 0.15) is 46.1 Å². The van der Waals surface area contributed by atoms with Crippen molar-refractivity contribution in [3.8, 4) is 0 Å². The molecule has 1 saturated carbocycles.